The number of aryl methyl sites for hydroxylation is 1. The lowest BCUT2D eigenvalue weighted by molar-refractivity contribution is -0.274. The van der Waals surface area contributed by atoms with Crippen LogP contribution in [0.2, 0.25) is 0 Å². The van der Waals surface area contributed by atoms with Crippen molar-refractivity contribution in [2.45, 2.75) is 57.9 Å². The van der Waals surface area contributed by atoms with Crippen molar-refractivity contribution in [2.24, 2.45) is 11.8 Å². The maximum absolute atomic E-state index is 13.0. The predicted molar refractivity (Wildman–Crippen MR) is 119 cm³/mol. The Morgan fingerprint density at radius 2 is 1.76 bits per heavy atom. The predicted octanol–water partition coefficient (Wildman–Crippen LogP) is 5.58. The first-order valence-electron chi connectivity index (χ1n) is 11.0. The number of hydrogen-bond donors (Lipinski definition) is 3. The molecule has 33 heavy (non-hydrogen) atoms. The van der Waals surface area contributed by atoms with Gasteiger partial charge in [-0.3, -0.25) is 9.59 Å². The van der Waals surface area contributed by atoms with Gasteiger partial charge in [0.25, 0.3) is 0 Å². The molecule has 1 heterocycles. The zero-order valence-corrected chi connectivity index (χ0v) is 18.7. The van der Waals surface area contributed by atoms with E-state index in [0.29, 0.717) is 25.1 Å². The van der Waals surface area contributed by atoms with Crippen molar-refractivity contribution in [2.75, 3.05) is 10.6 Å². The fraction of sp³-hybridized carbons (Fsp3) is 0.478. The lowest BCUT2D eigenvalue weighted by Crippen LogP contribution is -2.36. The number of rotatable bonds is 7. The highest BCUT2D eigenvalue weighted by molar-refractivity contribution is 7.16. The number of amides is 1. The summed E-state index contributed by atoms with van der Waals surface area (Å²) in [6.45, 7) is 0.397. The Kier molecular flexibility index (Phi) is 6.83. The fourth-order valence-electron chi connectivity index (χ4n) is 4.67. The molecule has 1 saturated carbocycles. The van der Waals surface area contributed by atoms with Crippen molar-refractivity contribution >= 4 is 33.9 Å². The molecule has 0 spiro atoms. The van der Waals surface area contributed by atoms with Gasteiger partial charge in [-0.05, 0) is 61.9 Å². The zero-order valence-electron chi connectivity index (χ0n) is 17.8. The van der Waals surface area contributed by atoms with E-state index >= 15 is 0 Å². The number of alkyl halides is 3. The van der Waals surface area contributed by atoms with Crippen molar-refractivity contribution in [1.29, 1.82) is 0 Å². The maximum Gasteiger partial charge on any atom is 0.573 e. The third kappa shape index (κ3) is 5.61. The van der Waals surface area contributed by atoms with Gasteiger partial charge in [0.2, 0.25) is 5.91 Å². The van der Waals surface area contributed by atoms with Crippen molar-refractivity contribution in [3.8, 4) is 5.75 Å². The first-order chi connectivity index (χ1) is 15.7. The molecule has 1 amide bonds. The number of carbonyl (C=O) groups is 2. The molecule has 2 aliphatic carbocycles. The molecular formula is C23H25F3N2O4S. The number of hydrogen-bond acceptors (Lipinski definition) is 5. The molecule has 0 aliphatic heterocycles. The van der Waals surface area contributed by atoms with Crippen molar-refractivity contribution in [1.82, 2.24) is 0 Å². The second-order valence-corrected chi connectivity index (χ2v) is 9.52. The molecular weight excluding hydrogens is 457 g/mol. The minimum Gasteiger partial charge on any atom is -0.481 e. The van der Waals surface area contributed by atoms with Crippen LogP contribution in [0, 0.1) is 11.8 Å². The van der Waals surface area contributed by atoms with Gasteiger partial charge in [0.1, 0.15) is 10.8 Å². The fourth-order valence-corrected chi connectivity index (χ4v) is 5.98. The number of carbonyl (C=O) groups excluding carboxylic acids is 1. The van der Waals surface area contributed by atoms with E-state index in [1.54, 1.807) is 0 Å². The first kappa shape index (κ1) is 23.4. The normalized spacial score (nSPS) is 20.2. The van der Waals surface area contributed by atoms with Crippen LogP contribution in [0.1, 0.15) is 48.1 Å². The first-order valence-corrected chi connectivity index (χ1v) is 11.8. The molecule has 0 bridgehead atoms. The van der Waals surface area contributed by atoms with Crippen LogP contribution in [-0.4, -0.2) is 23.3 Å². The second-order valence-electron chi connectivity index (χ2n) is 8.42. The van der Waals surface area contributed by atoms with Gasteiger partial charge in [0.15, 0.2) is 0 Å². The van der Waals surface area contributed by atoms with Crippen LogP contribution in [0.15, 0.2) is 24.3 Å². The summed E-state index contributed by atoms with van der Waals surface area (Å²) >= 11 is 1.53. The number of fused-ring (bicyclic) bond motifs is 1. The number of aliphatic carboxylic acids is 1. The highest BCUT2D eigenvalue weighted by Crippen LogP contribution is 2.40. The molecule has 0 radical (unpaired) electrons. The molecule has 0 saturated heterocycles. The summed E-state index contributed by atoms with van der Waals surface area (Å²) in [4.78, 5) is 25.8. The van der Waals surface area contributed by atoms with Gasteiger partial charge in [-0.2, -0.15) is 0 Å². The van der Waals surface area contributed by atoms with Gasteiger partial charge in [0, 0.05) is 22.7 Å². The molecule has 2 aliphatic rings. The molecule has 4 rings (SSSR count). The molecule has 10 heteroatoms. The summed E-state index contributed by atoms with van der Waals surface area (Å²) in [6.07, 6.45) is 0.866. The lowest BCUT2D eigenvalue weighted by Gasteiger charge is -2.27. The van der Waals surface area contributed by atoms with E-state index in [1.165, 1.54) is 46.0 Å². The SMILES string of the molecule is O=C(O)C1CCCCC1C(=O)Nc1sc2c(c1CNc1ccc(OC(F)(F)F)cc1)CCC2. The average molecular weight is 483 g/mol. The molecule has 2 atom stereocenters. The van der Waals surface area contributed by atoms with E-state index in [2.05, 4.69) is 15.4 Å². The van der Waals surface area contributed by atoms with E-state index < -0.39 is 24.2 Å². The smallest absolute Gasteiger partial charge is 0.481 e. The van der Waals surface area contributed by atoms with Crippen LogP contribution in [0.4, 0.5) is 23.9 Å². The van der Waals surface area contributed by atoms with Crippen LogP contribution >= 0.6 is 11.3 Å². The maximum atomic E-state index is 13.0. The van der Waals surface area contributed by atoms with Gasteiger partial charge in [-0.25, -0.2) is 0 Å². The summed E-state index contributed by atoms with van der Waals surface area (Å²) in [7, 11) is 0. The van der Waals surface area contributed by atoms with Crippen LogP contribution in [0.5, 0.6) is 5.75 Å². The Labute approximate surface area is 193 Å². The van der Waals surface area contributed by atoms with Gasteiger partial charge in [-0.15, -0.1) is 24.5 Å². The Hall–Kier alpha value is -2.75. The molecule has 178 valence electrons. The number of thiophene rings is 1. The third-order valence-corrected chi connectivity index (χ3v) is 7.49. The number of nitrogens with one attached hydrogen (secondary N) is 2. The van der Waals surface area contributed by atoms with Gasteiger partial charge >= 0.3 is 12.3 Å². The number of benzene rings is 1. The van der Waals surface area contributed by atoms with Gasteiger partial charge in [0.05, 0.1) is 11.8 Å². The molecule has 2 unspecified atom stereocenters. The Balaban J connectivity index is 1.47. The molecule has 1 aromatic heterocycles. The number of carboxylic acids is 1. The van der Waals surface area contributed by atoms with Crippen molar-refractivity contribution < 1.29 is 32.6 Å². The molecule has 3 N–H and O–H groups in total. The van der Waals surface area contributed by atoms with Crippen LogP contribution in [0.25, 0.3) is 0 Å². The molecule has 1 fully saturated rings. The largest absolute Gasteiger partial charge is 0.573 e. The third-order valence-electron chi connectivity index (χ3n) is 6.24. The van der Waals surface area contributed by atoms with E-state index in [1.807, 2.05) is 0 Å². The van der Waals surface area contributed by atoms with E-state index in [9.17, 15) is 27.9 Å². The monoisotopic (exact) mass is 482 g/mol. The Bertz CT molecular complexity index is 1020. The van der Waals surface area contributed by atoms with Gasteiger partial charge in [-0.1, -0.05) is 12.8 Å². The van der Waals surface area contributed by atoms with E-state index in [-0.39, 0.29) is 11.7 Å². The topological polar surface area (TPSA) is 87.7 Å². The van der Waals surface area contributed by atoms with Crippen LogP contribution in [0.3, 0.4) is 0 Å². The molecule has 1 aromatic carbocycles. The second kappa shape index (κ2) is 9.62. The summed E-state index contributed by atoms with van der Waals surface area (Å²) < 4.78 is 41.0. The van der Waals surface area contributed by atoms with Crippen LogP contribution < -0.4 is 15.4 Å². The van der Waals surface area contributed by atoms with E-state index in [0.717, 1.165) is 42.7 Å². The highest BCUT2D eigenvalue weighted by Gasteiger charge is 2.36. The van der Waals surface area contributed by atoms with E-state index in [4.69, 9.17) is 0 Å². The molecule has 2 aromatic rings. The summed E-state index contributed by atoms with van der Waals surface area (Å²) in [5.41, 5.74) is 2.77. The van der Waals surface area contributed by atoms with Crippen LogP contribution in [-0.2, 0) is 29.0 Å². The highest BCUT2D eigenvalue weighted by atomic mass is 32.1. The summed E-state index contributed by atoms with van der Waals surface area (Å²) in [5, 5.41) is 16.4. The van der Waals surface area contributed by atoms with Gasteiger partial charge < -0.3 is 20.5 Å². The standard InChI is InChI=1S/C23H25F3N2O4S/c24-23(25,26)32-14-10-8-13(9-11-14)27-12-18-15-6-3-7-19(15)33-21(18)28-20(29)16-4-1-2-5-17(16)22(30)31/h8-11,16-17,27H,1-7,12H2,(H,28,29)(H,30,31). The average Bonchev–Trinajstić information content (AvgIpc) is 3.33. The Morgan fingerprint density at radius 1 is 1.06 bits per heavy atom. The summed E-state index contributed by atoms with van der Waals surface area (Å²) in [5.74, 6) is -2.68. The Morgan fingerprint density at radius 3 is 2.42 bits per heavy atom. The quantitative estimate of drug-likeness (QED) is 0.480. The number of ether oxygens (including phenoxy) is 1. The number of anilines is 2. The molecule has 6 nitrogen and oxygen atoms in total. The zero-order chi connectivity index (χ0) is 23.6. The minimum absolute atomic E-state index is 0.253. The lowest BCUT2D eigenvalue weighted by atomic mass is 9.79. The minimum atomic E-state index is -4.74. The number of halogens is 3. The van der Waals surface area contributed by atoms with Crippen molar-refractivity contribution in [3.05, 3.63) is 40.3 Å². The summed E-state index contributed by atoms with van der Waals surface area (Å²) in [6, 6.07) is 5.49. The van der Waals surface area contributed by atoms with Crippen molar-refractivity contribution in [3.63, 3.8) is 0 Å². The number of carboxylic acid groups (broad SMARTS) is 1.